The zero-order valence-corrected chi connectivity index (χ0v) is 21.5. The van der Waals surface area contributed by atoms with E-state index in [9.17, 15) is 27.6 Å². The number of urea groups is 1. The standard InChI is InChI=1S/C28H20F4N6O3/c1-27(2)25(40)37(19-11-20(28(30,31)32)23(33-3)35-14-19)26(41)38(27)18-6-4-17(21(29)12-18)13-36-24(39)16-5-7-22-15(10-16)8-9-34-22/h4-12,14,34H,13H2,1-2H3,(H,36,39). The molecule has 0 atom stereocenters. The van der Waals surface area contributed by atoms with Crippen LogP contribution < -0.4 is 15.1 Å². The van der Waals surface area contributed by atoms with Gasteiger partial charge >= 0.3 is 12.2 Å². The van der Waals surface area contributed by atoms with Crippen molar-refractivity contribution >= 4 is 45.9 Å². The summed E-state index contributed by atoms with van der Waals surface area (Å²) in [6, 6.07) is 10.1. The maximum Gasteiger partial charge on any atom is 0.409 e. The predicted octanol–water partition coefficient (Wildman–Crippen LogP) is 5.95. The van der Waals surface area contributed by atoms with Gasteiger partial charge in [-0.25, -0.2) is 14.1 Å². The van der Waals surface area contributed by atoms with Crippen LogP contribution in [0.25, 0.3) is 15.7 Å². The SMILES string of the molecule is [C-]#[N+]c1ncc(N2C(=O)N(c3ccc(CNC(=O)c4ccc5[nH]ccc5c4)c(F)c3)C(C)(C)C2=O)cc1C(F)(F)F. The minimum Gasteiger partial charge on any atom is -0.361 e. The summed E-state index contributed by atoms with van der Waals surface area (Å²) in [5, 5.41) is 3.47. The quantitative estimate of drug-likeness (QED) is 0.178. The van der Waals surface area contributed by atoms with Gasteiger partial charge in [-0.15, -0.1) is 4.98 Å². The molecule has 13 heteroatoms. The number of imide groups is 1. The molecule has 2 aromatic carbocycles. The molecule has 41 heavy (non-hydrogen) atoms. The van der Waals surface area contributed by atoms with Crippen molar-refractivity contribution in [3.05, 3.63) is 94.8 Å². The maximum atomic E-state index is 15.1. The Morgan fingerprint density at radius 1 is 1.10 bits per heavy atom. The van der Waals surface area contributed by atoms with Gasteiger partial charge in [-0.2, -0.15) is 13.2 Å². The summed E-state index contributed by atoms with van der Waals surface area (Å²) >= 11 is 0. The number of aromatic amines is 1. The molecular formula is C28H20F4N6O3. The number of hydrogen-bond donors (Lipinski definition) is 2. The third-order valence-corrected chi connectivity index (χ3v) is 6.74. The summed E-state index contributed by atoms with van der Waals surface area (Å²) in [5.74, 6) is -3.00. The molecule has 1 fully saturated rings. The topological polar surface area (TPSA) is 103 Å². The second-order valence-corrected chi connectivity index (χ2v) is 9.73. The molecule has 1 saturated heterocycles. The number of nitrogens with one attached hydrogen (secondary N) is 2. The lowest BCUT2D eigenvalue weighted by molar-refractivity contribution is -0.137. The third kappa shape index (κ3) is 4.73. The van der Waals surface area contributed by atoms with Gasteiger partial charge in [-0.05, 0) is 56.3 Å². The van der Waals surface area contributed by atoms with Gasteiger partial charge in [0.1, 0.15) is 17.6 Å². The Hall–Kier alpha value is -5.25. The van der Waals surface area contributed by atoms with Crippen LogP contribution in [0.5, 0.6) is 0 Å². The molecule has 3 heterocycles. The van der Waals surface area contributed by atoms with Gasteiger partial charge in [0.15, 0.2) is 0 Å². The second kappa shape index (κ2) is 9.74. The zero-order valence-electron chi connectivity index (χ0n) is 21.5. The van der Waals surface area contributed by atoms with Crippen molar-refractivity contribution in [2.75, 3.05) is 9.80 Å². The van der Waals surface area contributed by atoms with Crippen LogP contribution >= 0.6 is 0 Å². The molecular weight excluding hydrogens is 544 g/mol. The molecule has 0 spiro atoms. The van der Waals surface area contributed by atoms with E-state index in [2.05, 4.69) is 20.1 Å². The van der Waals surface area contributed by atoms with E-state index >= 15 is 4.39 Å². The van der Waals surface area contributed by atoms with Crippen molar-refractivity contribution in [3.8, 4) is 0 Å². The van der Waals surface area contributed by atoms with Gasteiger partial charge < -0.3 is 15.1 Å². The van der Waals surface area contributed by atoms with E-state index < -0.39 is 52.4 Å². The van der Waals surface area contributed by atoms with Gasteiger partial charge in [0.25, 0.3) is 17.6 Å². The molecule has 4 aromatic rings. The number of nitrogens with zero attached hydrogens (tertiary/aromatic N) is 4. The molecule has 0 radical (unpaired) electrons. The van der Waals surface area contributed by atoms with Crippen molar-refractivity contribution in [1.82, 2.24) is 15.3 Å². The molecule has 2 aromatic heterocycles. The number of H-pyrrole nitrogens is 1. The molecule has 9 nitrogen and oxygen atoms in total. The lowest BCUT2D eigenvalue weighted by Crippen LogP contribution is -2.44. The molecule has 0 unspecified atom stereocenters. The first-order chi connectivity index (χ1) is 19.3. The Balaban J connectivity index is 1.38. The number of benzene rings is 2. The summed E-state index contributed by atoms with van der Waals surface area (Å²) < 4.78 is 55.6. The molecule has 5 rings (SSSR count). The maximum absolute atomic E-state index is 15.1. The first-order valence-corrected chi connectivity index (χ1v) is 12.1. The number of alkyl halides is 3. The van der Waals surface area contributed by atoms with E-state index in [0.29, 0.717) is 16.5 Å². The first kappa shape index (κ1) is 27.3. The Morgan fingerprint density at radius 3 is 2.54 bits per heavy atom. The highest BCUT2D eigenvalue weighted by molar-refractivity contribution is 6.30. The van der Waals surface area contributed by atoms with Gasteiger partial charge in [0, 0.05) is 40.5 Å². The second-order valence-electron chi connectivity index (χ2n) is 9.73. The molecule has 2 N–H and O–H groups in total. The van der Waals surface area contributed by atoms with Crippen molar-refractivity contribution in [1.29, 1.82) is 0 Å². The van der Waals surface area contributed by atoms with Crippen LogP contribution in [0.3, 0.4) is 0 Å². The van der Waals surface area contributed by atoms with Crippen molar-refractivity contribution in [3.63, 3.8) is 0 Å². The Labute approximate surface area is 230 Å². The number of hydrogen-bond acceptors (Lipinski definition) is 4. The van der Waals surface area contributed by atoms with Crippen LogP contribution in [0.4, 0.5) is 39.5 Å². The monoisotopic (exact) mass is 564 g/mol. The van der Waals surface area contributed by atoms with Crippen molar-refractivity contribution in [2.45, 2.75) is 32.1 Å². The first-order valence-electron chi connectivity index (χ1n) is 12.1. The minimum atomic E-state index is -4.95. The Kier molecular flexibility index (Phi) is 6.49. The van der Waals surface area contributed by atoms with Gasteiger partial charge in [-0.1, -0.05) is 12.6 Å². The molecule has 4 amide bonds. The smallest absolute Gasteiger partial charge is 0.361 e. The lowest BCUT2D eigenvalue weighted by Gasteiger charge is -2.28. The highest BCUT2D eigenvalue weighted by Crippen LogP contribution is 2.41. The minimum absolute atomic E-state index is 0.0249. The molecule has 1 aliphatic heterocycles. The summed E-state index contributed by atoms with van der Waals surface area (Å²) in [7, 11) is 0. The van der Waals surface area contributed by atoms with E-state index in [1.165, 1.54) is 26.0 Å². The highest BCUT2D eigenvalue weighted by Gasteiger charge is 2.53. The number of carbonyl (C=O) groups excluding carboxylic acids is 3. The van der Waals surface area contributed by atoms with E-state index in [1.54, 1.807) is 24.4 Å². The number of rotatable bonds is 5. The fraction of sp³-hybridized carbons (Fsp3) is 0.179. The van der Waals surface area contributed by atoms with Crippen molar-refractivity contribution < 1.29 is 31.9 Å². The number of anilines is 2. The van der Waals surface area contributed by atoms with Crippen LogP contribution in [0.2, 0.25) is 0 Å². The number of halogens is 4. The molecule has 0 saturated carbocycles. The van der Waals surface area contributed by atoms with E-state index in [-0.39, 0.29) is 17.8 Å². The third-order valence-electron chi connectivity index (χ3n) is 6.74. The average molecular weight is 564 g/mol. The van der Waals surface area contributed by atoms with E-state index in [1.807, 2.05) is 6.07 Å². The molecule has 0 bridgehead atoms. The van der Waals surface area contributed by atoms with Crippen molar-refractivity contribution in [2.24, 2.45) is 0 Å². The predicted molar refractivity (Wildman–Crippen MR) is 141 cm³/mol. The molecule has 1 aliphatic rings. The largest absolute Gasteiger partial charge is 0.409 e. The van der Waals surface area contributed by atoms with Crippen LogP contribution in [-0.4, -0.2) is 33.4 Å². The van der Waals surface area contributed by atoms with Crippen LogP contribution in [0.1, 0.15) is 35.3 Å². The fourth-order valence-electron chi connectivity index (χ4n) is 4.61. The number of aromatic nitrogens is 2. The number of fused-ring (bicyclic) bond motifs is 1. The van der Waals surface area contributed by atoms with Crippen LogP contribution in [0.15, 0.2) is 60.9 Å². The summed E-state index contributed by atoms with van der Waals surface area (Å²) in [6.45, 7) is 9.50. The number of pyridine rings is 1. The summed E-state index contributed by atoms with van der Waals surface area (Å²) in [5.41, 5.74) is -2.16. The van der Waals surface area contributed by atoms with E-state index in [0.717, 1.165) is 28.1 Å². The van der Waals surface area contributed by atoms with Gasteiger partial charge in [0.05, 0.1) is 11.3 Å². The van der Waals surface area contributed by atoms with Gasteiger partial charge in [-0.3, -0.25) is 14.5 Å². The summed E-state index contributed by atoms with van der Waals surface area (Å²) in [4.78, 5) is 49.9. The molecule has 0 aliphatic carbocycles. The average Bonchev–Trinajstić information content (AvgIpc) is 3.46. The number of amides is 4. The molecule has 208 valence electrons. The number of carbonyl (C=O) groups is 3. The lowest BCUT2D eigenvalue weighted by atomic mass is 10.0. The Morgan fingerprint density at radius 2 is 1.85 bits per heavy atom. The Bertz CT molecular complexity index is 1770. The normalized spacial score (nSPS) is 15.0. The highest BCUT2D eigenvalue weighted by atomic mass is 19.4. The fourth-order valence-corrected chi connectivity index (χ4v) is 4.61. The zero-order chi connectivity index (χ0) is 29.7. The van der Waals surface area contributed by atoms with Gasteiger partial charge in [0.2, 0.25) is 0 Å². The van der Waals surface area contributed by atoms with Crippen LogP contribution in [0, 0.1) is 12.4 Å². The van der Waals surface area contributed by atoms with Crippen LogP contribution in [-0.2, 0) is 17.5 Å². The summed E-state index contributed by atoms with van der Waals surface area (Å²) in [6.07, 6.45) is -2.38. The van der Waals surface area contributed by atoms with E-state index in [4.69, 9.17) is 6.57 Å².